The van der Waals surface area contributed by atoms with Crippen molar-refractivity contribution < 1.29 is 0 Å². The summed E-state index contributed by atoms with van der Waals surface area (Å²) in [6.07, 6.45) is 7.24. The van der Waals surface area contributed by atoms with Crippen LogP contribution in [0.4, 0.5) is 0 Å². The van der Waals surface area contributed by atoms with E-state index in [9.17, 15) is 0 Å². The molecule has 0 aromatic rings. The Labute approximate surface area is 140 Å². The highest BCUT2D eigenvalue weighted by Crippen LogP contribution is 2.28. The van der Waals surface area contributed by atoms with Gasteiger partial charge >= 0.3 is 0 Å². The first-order valence-electron chi connectivity index (χ1n) is 6.94. The van der Waals surface area contributed by atoms with E-state index in [1.807, 2.05) is 18.8 Å². The molecular weight excluding hydrogens is 369 g/mol. The summed E-state index contributed by atoms with van der Waals surface area (Å²) in [4.78, 5) is 4.31. The van der Waals surface area contributed by atoms with Crippen LogP contribution in [0.3, 0.4) is 0 Å². The number of halogens is 1. The Morgan fingerprint density at radius 3 is 2.47 bits per heavy atom. The molecule has 0 spiro atoms. The summed E-state index contributed by atoms with van der Waals surface area (Å²) < 4.78 is 0. The lowest BCUT2D eigenvalue weighted by Gasteiger charge is -2.21. The third-order valence-corrected chi connectivity index (χ3v) is 4.54. The average Bonchev–Trinajstić information content (AvgIpc) is 2.74. The lowest BCUT2D eigenvalue weighted by Crippen LogP contribution is -2.43. The van der Waals surface area contributed by atoms with Crippen LogP contribution in [0.1, 0.15) is 46.5 Å². The molecule has 2 atom stereocenters. The van der Waals surface area contributed by atoms with Crippen molar-refractivity contribution in [2.24, 2.45) is 10.4 Å². The van der Waals surface area contributed by atoms with Crippen LogP contribution in [0.5, 0.6) is 0 Å². The smallest absolute Gasteiger partial charge is 0.191 e. The molecule has 0 aliphatic heterocycles. The van der Waals surface area contributed by atoms with Crippen LogP contribution in [0, 0.1) is 5.41 Å². The molecule has 0 aromatic heterocycles. The van der Waals surface area contributed by atoms with E-state index in [2.05, 4.69) is 42.7 Å². The summed E-state index contributed by atoms with van der Waals surface area (Å²) in [7, 11) is 1.85. The summed E-state index contributed by atoms with van der Waals surface area (Å²) in [5.41, 5.74) is 0.378. The van der Waals surface area contributed by atoms with Crippen LogP contribution in [0.15, 0.2) is 4.99 Å². The number of nitrogens with zero attached hydrogens (tertiary/aromatic N) is 1. The number of hydrogen-bond acceptors (Lipinski definition) is 2. The van der Waals surface area contributed by atoms with Gasteiger partial charge in [0.2, 0.25) is 0 Å². The van der Waals surface area contributed by atoms with Gasteiger partial charge in [-0.2, -0.15) is 11.8 Å². The van der Waals surface area contributed by atoms with E-state index in [-0.39, 0.29) is 24.0 Å². The minimum atomic E-state index is 0. The van der Waals surface area contributed by atoms with E-state index in [0.29, 0.717) is 11.5 Å². The quantitative estimate of drug-likeness (QED) is 0.432. The van der Waals surface area contributed by atoms with Crippen molar-refractivity contribution >= 4 is 41.7 Å². The zero-order valence-electron chi connectivity index (χ0n) is 13.0. The summed E-state index contributed by atoms with van der Waals surface area (Å²) in [5.74, 6) is 0.964. The highest BCUT2D eigenvalue weighted by Gasteiger charge is 2.24. The van der Waals surface area contributed by atoms with Gasteiger partial charge in [0.15, 0.2) is 5.96 Å². The van der Waals surface area contributed by atoms with Crippen molar-refractivity contribution in [3.8, 4) is 0 Å². The Balaban J connectivity index is 0.00000324. The second-order valence-electron chi connectivity index (χ2n) is 6.32. The van der Waals surface area contributed by atoms with E-state index in [4.69, 9.17) is 0 Å². The standard InChI is InChI=1S/C14H29N3S.HI/c1-14(2,3)8-9-16-13(15-4)17-11-6-7-12(10-11)18-5;/h11-12H,6-10H2,1-5H3,(H2,15,16,17);1H. The van der Waals surface area contributed by atoms with E-state index >= 15 is 0 Å². The maximum absolute atomic E-state index is 4.31. The second kappa shape index (κ2) is 9.32. The zero-order chi connectivity index (χ0) is 13.6. The molecule has 1 fully saturated rings. The number of rotatable bonds is 4. The molecule has 1 aliphatic carbocycles. The summed E-state index contributed by atoms with van der Waals surface area (Å²) in [6, 6.07) is 0.600. The number of nitrogens with one attached hydrogen (secondary N) is 2. The minimum Gasteiger partial charge on any atom is -0.356 e. The van der Waals surface area contributed by atoms with Crippen molar-refractivity contribution in [1.82, 2.24) is 10.6 Å². The van der Waals surface area contributed by atoms with Gasteiger partial charge in [-0.15, -0.1) is 24.0 Å². The van der Waals surface area contributed by atoms with Gasteiger partial charge in [-0.25, -0.2) is 0 Å². The number of thioether (sulfide) groups is 1. The fourth-order valence-electron chi connectivity index (χ4n) is 2.23. The molecule has 0 radical (unpaired) electrons. The molecule has 0 amide bonds. The van der Waals surface area contributed by atoms with E-state index in [1.54, 1.807) is 0 Å². The monoisotopic (exact) mass is 399 g/mol. The molecule has 0 aromatic carbocycles. The first-order chi connectivity index (χ1) is 8.44. The maximum Gasteiger partial charge on any atom is 0.191 e. The van der Waals surface area contributed by atoms with Gasteiger partial charge < -0.3 is 10.6 Å². The Kier molecular flexibility index (Phi) is 9.49. The predicted octanol–water partition coefficient (Wildman–Crippen LogP) is 3.49. The van der Waals surface area contributed by atoms with E-state index in [0.717, 1.165) is 24.2 Å². The van der Waals surface area contributed by atoms with Gasteiger partial charge in [-0.3, -0.25) is 4.99 Å². The fourth-order valence-corrected chi connectivity index (χ4v) is 3.03. The van der Waals surface area contributed by atoms with Crippen molar-refractivity contribution in [3.05, 3.63) is 0 Å². The number of hydrogen-bond donors (Lipinski definition) is 2. The molecular formula is C14H30IN3S. The normalized spacial score (nSPS) is 23.9. The highest BCUT2D eigenvalue weighted by molar-refractivity contribution is 14.0. The molecule has 2 N–H and O–H groups in total. The summed E-state index contributed by atoms with van der Waals surface area (Å²) >= 11 is 1.99. The molecule has 19 heavy (non-hydrogen) atoms. The molecule has 3 nitrogen and oxygen atoms in total. The largest absolute Gasteiger partial charge is 0.356 e. The molecule has 0 saturated heterocycles. The van der Waals surface area contributed by atoms with Crippen molar-refractivity contribution in [2.75, 3.05) is 19.8 Å². The van der Waals surface area contributed by atoms with E-state index in [1.165, 1.54) is 19.3 Å². The van der Waals surface area contributed by atoms with Gasteiger partial charge in [-0.1, -0.05) is 20.8 Å². The third-order valence-electron chi connectivity index (χ3n) is 3.45. The summed E-state index contributed by atoms with van der Waals surface area (Å²) in [6.45, 7) is 7.79. The molecule has 5 heteroatoms. The molecule has 114 valence electrons. The topological polar surface area (TPSA) is 36.4 Å². The molecule has 1 saturated carbocycles. The third kappa shape index (κ3) is 8.27. The fraction of sp³-hybridized carbons (Fsp3) is 0.929. The summed E-state index contributed by atoms with van der Waals surface area (Å²) in [5, 5.41) is 7.79. The average molecular weight is 399 g/mol. The highest BCUT2D eigenvalue weighted by atomic mass is 127. The molecule has 1 aliphatic rings. The van der Waals surface area contributed by atoms with Crippen LogP contribution >= 0.6 is 35.7 Å². The molecule has 0 bridgehead atoms. The first-order valence-corrected chi connectivity index (χ1v) is 8.23. The van der Waals surface area contributed by atoms with Crippen LogP contribution < -0.4 is 10.6 Å². The van der Waals surface area contributed by atoms with Crippen molar-refractivity contribution in [3.63, 3.8) is 0 Å². The van der Waals surface area contributed by atoms with Crippen LogP contribution in [0.25, 0.3) is 0 Å². The van der Waals surface area contributed by atoms with Crippen molar-refractivity contribution in [2.45, 2.75) is 57.7 Å². The first kappa shape index (κ1) is 19.4. The van der Waals surface area contributed by atoms with Crippen LogP contribution in [-0.4, -0.2) is 37.1 Å². The zero-order valence-corrected chi connectivity index (χ0v) is 16.1. The lowest BCUT2D eigenvalue weighted by atomic mass is 9.92. The van der Waals surface area contributed by atoms with Gasteiger partial charge in [0.25, 0.3) is 0 Å². The Hall–Kier alpha value is 0.350. The SMILES string of the molecule is CN=C(NCCC(C)(C)C)NC1CCC(SC)C1.I. The van der Waals surface area contributed by atoms with Crippen molar-refractivity contribution in [1.29, 1.82) is 0 Å². The van der Waals surface area contributed by atoms with Crippen LogP contribution in [-0.2, 0) is 0 Å². The molecule has 2 unspecified atom stereocenters. The molecule has 1 rings (SSSR count). The predicted molar refractivity (Wildman–Crippen MR) is 98.9 cm³/mol. The maximum atomic E-state index is 4.31. The van der Waals surface area contributed by atoms with Crippen LogP contribution in [0.2, 0.25) is 0 Å². The number of guanidine groups is 1. The van der Waals surface area contributed by atoms with Gasteiger partial charge in [-0.05, 0) is 37.4 Å². The lowest BCUT2D eigenvalue weighted by molar-refractivity contribution is 0.377. The number of aliphatic imine (C=N–C) groups is 1. The molecule has 0 heterocycles. The Morgan fingerprint density at radius 2 is 2.00 bits per heavy atom. The minimum absolute atomic E-state index is 0. The Morgan fingerprint density at radius 1 is 1.32 bits per heavy atom. The van der Waals surface area contributed by atoms with Gasteiger partial charge in [0, 0.05) is 24.9 Å². The van der Waals surface area contributed by atoms with Gasteiger partial charge in [0.1, 0.15) is 0 Å². The van der Waals surface area contributed by atoms with Gasteiger partial charge in [0.05, 0.1) is 0 Å². The van der Waals surface area contributed by atoms with E-state index < -0.39 is 0 Å². The second-order valence-corrected chi connectivity index (χ2v) is 7.46. The Bertz CT molecular complexity index is 276.